The summed E-state index contributed by atoms with van der Waals surface area (Å²) >= 11 is 1.31. The molecular formula is C21H21N3O3S. The molecule has 0 aliphatic rings. The van der Waals surface area contributed by atoms with Crippen LogP contribution in [0.15, 0.2) is 39.2 Å². The summed E-state index contributed by atoms with van der Waals surface area (Å²) in [6, 6.07) is 9.30. The van der Waals surface area contributed by atoms with Crippen molar-refractivity contribution in [3.8, 4) is 0 Å². The predicted molar refractivity (Wildman–Crippen MR) is 111 cm³/mol. The normalized spacial score (nSPS) is 11.3. The highest BCUT2D eigenvalue weighted by atomic mass is 32.1. The Morgan fingerprint density at radius 1 is 1.11 bits per heavy atom. The number of nitrogen functional groups attached to an aromatic ring is 1. The van der Waals surface area contributed by atoms with Gasteiger partial charge in [-0.3, -0.25) is 9.69 Å². The maximum absolute atomic E-state index is 13.5. The highest BCUT2D eigenvalue weighted by molar-refractivity contribution is 7.21. The fraction of sp³-hybridized carbons (Fsp3) is 0.238. The van der Waals surface area contributed by atoms with E-state index < -0.39 is 0 Å². The molecule has 0 unspecified atom stereocenters. The van der Waals surface area contributed by atoms with E-state index in [0.29, 0.717) is 22.2 Å². The highest BCUT2D eigenvalue weighted by Gasteiger charge is 2.27. The van der Waals surface area contributed by atoms with Crippen molar-refractivity contribution in [3.05, 3.63) is 63.7 Å². The lowest BCUT2D eigenvalue weighted by atomic mass is 10.1. The zero-order valence-electron chi connectivity index (χ0n) is 16.2. The van der Waals surface area contributed by atoms with Crippen molar-refractivity contribution in [1.82, 2.24) is 4.98 Å². The number of hydrogen-bond donors (Lipinski definition) is 1. The van der Waals surface area contributed by atoms with E-state index in [1.165, 1.54) is 11.3 Å². The zero-order valence-corrected chi connectivity index (χ0v) is 17.0. The first kappa shape index (κ1) is 18.3. The predicted octanol–water partition coefficient (Wildman–Crippen LogP) is 5.15. The van der Waals surface area contributed by atoms with Gasteiger partial charge in [-0.1, -0.05) is 0 Å². The van der Waals surface area contributed by atoms with Crippen molar-refractivity contribution in [3.63, 3.8) is 0 Å². The van der Waals surface area contributed by atoms with Crippen LogP contribution >= 0.6 is 11.3 Å². The third-order valence-electron chi connectivity index (χ3n) is 4.57. The summed E-state index contributed by atoms with van der Waals surface area (Å²) < 4.78 is 11.4. The summed E-state index contributed by atoms with van der Waals surface area (Å²) in [5.41, 5.74) is 8.75. The minimum atomic E-state index is -0.235. The average molecular weight is 395 g/mol. The van der Waals surface area contributed by atoms with Gasteiger partial charge in [-0.05, 0) is 57.5 Å². The number of thiophene rings is 1. The van der Waals surface area contributed by atoms with E-state index in [0.717, 1.165) is 33.0 Å². The lowest BCUT2D eigenvalue weighted by Gasteiger charge is -2.18. The summed E-state index contributed by atoms with van der Waals surface area (Å²) in [4.78, 5) is 20.8. The van der Waals surface area contributed by atoms with Crippen molar-refractivity contribution >= 4 is 39.0 Å². The molecule has 0 aromatic carbocycles. The van der Waals surface area contributed by atoms with Crippen LogP contribution in [0.1, 0.15) is 38.2 Å². The van der Waals surface area contributed by atoms with Crippen LogP contribution in [0, 0.1) is 27.7 Å². The van der Waals surface area contributed by atoms with Gasteiger partial charge in [0.05, 0.1) is 12.2 Å². The molecule has 6 nitrogen and oxygen atoms in total. The number of amides is 1. The molecule has 1 amide bonds. The maximum atomic E-state index is 13.5. The Labute approximate surface area is 166 Å². The summed E-state index contributed by atoms with van der Waals surface area (Å²) in [6.07, 6.45) is 0. The van der Waals surface area contributed by atoms with Crippen molar-refractivity contribution in [2.75, 3.05) is 10.6 Å². The van der Waals surface area contributed by atoms with E-state index in [2.05, 4.69) is 4.98 Å². The summed E-state index contributed by atoms with van der Waals surface area (Å²) in [7, 11) is 0. The summed E-state index contributed by atoms with van der Waals surface area (Å²) in [6.45, 7) is 7.87. The van der Waals surface area contributed by atoms with Gasteiger partial charge in [0.25, 0.3) is 5.91 Å². The number of nitrogens with zero attached hydrogens (tertiary/aromatic N) is 2. The largest absolute Gasteiger partial charge is 0.464 e. The molecular weight excluding hydrogens is 374 g/mol. The van der Waals surface area contributed by atoms with E-state index in [9.17, 15) is 4.79 Å². The third-order valence-corrected chi connectivity index (χ3v) is 5.65. The molecule has 0 saturated heterocycles. The standard InChI is InChI=1S/C21H21N3O3S/c1-11-9-12(2)23-20-17(11)18(22)19(28-20)21(25)24(16-8-6-14(4)27-16)10-15-7-5-13(3)26-15/h5-9H,10,22H2,1-4H3. The zero-order chi connectivity index (χ0) is 20.0. The van der Waals surface area contributed by atoms with Crippen LogP contribution in [0.25, 0.3) is 10.2 Å². The number of carbonyl (C=O) groups is 1. The minimum absolute atomic E-state index is 0.235. The number of carbonyl (C=O) groups excluding carboxylic acids is 1. The number of aromatic nitrogens is 1. The molecule has 0 radical (unpaired) electrons. The van der Waals surface area contributed by atoms with E-state index in [-0.39, 0.29) is 12.5 Å². The van der Waals surface area contributed by atoms with Crippen LogP contribution in [-0.4, -0.2) is 10.9 Å². The molecule has 144 valence electrons. The maximum Gasteiger partial charge on any atom is 0.273 e. The van der Waals surface area contributed by atoms with Gasteiger partial charge in [-0.15, -0.1) is 11.3 Å². The second-order valence-electron chi connectivity index (χ2n) is 6.89. The molecule has 0 atom stereocenters. The topological polar surface area (TPSA) is 85.5 Å². The molecule has 0 saturated carbocycles. The smallest absolute Gasteiger partial charge is 0.273 e. The van der Waals surface area contributed by atoms with Crippen molar-refractivity contribution in [1.29, 1.82) is 0 Å². The van der Waals surface area contributed by atoms with Crippen molar-refractivity contribution in [2.45, 2.75) is 34.2 Å². The van der Waals surface area contributed by atoms with Gasteiger partial charge < -0.3 is 14.6 Å². The third kappa shape index (κ3) is 3.18. The highest BCUT2D eigenvalue weighted by Crippen LogP contribution is 2.37. The first-order valence-electron chi connectivity index (χ1n) is 8.93. The van der Waals surface area contributed by atoms with E-state index in [4.69, 9.17) is 14.6 Å². The quantitative estimate of drug-likeness (QED) is 0.517. The van der Waals surface area contributed by atoms with Gasteiger partial charge in [0, 0.05) is 17.1 Å². The Morgan fingerprint density at radius 3 is 2.46 bits per heavy atom. The van der Waals surface area contributed by atoms with Gasteiger partial charge in [0.2, 0.25) is 5.88 Å². The molecule has 2 N–H and O–H groups in total. The Morgan fingerprint density at radius 2 is 1.82 bits per heavy atom. The monoisotopic (exact) mass is 395 g/mol. The fourth-order valence-electron chi connectivity index (χ4n) is 3.29. The van der Waals surface area contributed by atoms with Gasteiger partial charge in [-0.25, -0.2) is 4.98 Å². The SMILES string of the molecule is Cc1cc(C)c2c(N)c(C(=O)N(Cc3ccc(C)o3)c3ccc(C)o3)sc2n1. The molecule has 0 spiro atoms. The Hall–Kier alpha value is -3.06. The molecule has 0 aliphatic carbocycles. The molecule has 4 aromatic rings. The number of pyridine rings is 1. The number of rotatable bonds is 4. The second kappa shape index (κ2) is 6.83. The summed E-state index contributed by atoms with van der Waals surface area (Å²) in [5, 5.41) is 0.836. The first-order chi connectivity index (χ1) is 13.3. The average Bonchev–Trinajstić information content (AvgIpc) is 3.31. The fourth-order valence-corrected chi connectivity index (χ4v) is 4.46. The molecule has 0 bridgehead atoms. The van der Waals surface area contributed by atoms with Crippen LogP contribution in [0.3, 0.4) is 0 Å². The Balaban J connectivity index is 1.80. The lowest BCUT2D eigenvalue weighted by Crippen LogP contribution is -2.29. The molecule has 0 fully saturated rings. The number of hydrogen-bond acceptors (Lipinski definition) is 6. The molecule has 28 heavy (non-hydrogen) atoms. The number of anilines is 2. The first-order valence-corrected chi connectivity index (χ1v) is 9.75. The minimum Gasteiger partial charge on any atom is -0.464 e. The number of furan rings is 2. The Bertz CT molecular complexity index is 1190. The van der Waals surface area contributed by atoms with E-state index in [1.807, 2.05) is 52.0 Å². The van der Waals surface area contributed by atoms with Crippen molar-refractivity contribution < 1.29 is 13.6 Å². The molecule has 7 heteroatoms. The lowest BCUT2D eigenvalue weighted by molar-refractivity contribution is 0.0983. The van der Waals surface area contributed by atoms with E-state index >= 15 is 0 Å². The van der Waals surface area contributed by atoms with Gasteiger partial charge in [0.15, 0.2) is 0 Å². The van der Waals surface area contributed by atoms with Crippen LogP contribution in [-0.2, 0) is 6.54 Å². The van der Waals surface area contributed by atoms with Gasteiger partial charge in [-0.2, -0.15) is 0 Å². The summed E-state index contributed by atoms with van der Waals surface area (Å²) in [5.74, 6) is 2.40. The number of nitrogens with two attached hydrogens (primary N) is 1. The van der Waals surface area contributed by atoms with Gasteiger partial charge in [0.1, 0.15) is 27.0 Å². The van der Waals surface area contributed by atoms with Crippen LogP contribution in [0.4, 0.5) is 11.6 Å². The molecule has 4 heterocycles. The second-order valence-corrected chi connectivity index (χ2v) is 7.89. The van der Waals surface area contributed by atoms with Crippen LogP contribution in [0.2, 0.25) is 0 Å². The van der Waals surface area contributed by atoms with Crippen molar-refractivity contribution in [2.24, 2.45) is 0 Å². The molecule has 0 aliphatic heterocycles. The molecule has 4 aromatic heterocycles. The Kier molecular flexibility index (Phi) is 4.47. The van der Waals surface area contributed by atoms with Crippen LogP contribution < -0.4 is 10.6 Å². The van der Waals surface area contributed by atoms with E-state index in [1.54, 1.807) is 11.0 Å². The van der Waals surface area contributed by atoms with Crippen LogP contribution in [0.5, 0.6) is 0 Å². The van der Waals surface area contributed by atoms with Gasteiger partial charge >= 0.3 is 0 Å². The number of fused-ring (bicyclic) bond motifs is 1. The molecule has 4 rings (SSSR count). The number of aryl methyl sites for hydroxylation is 4.